The quantitative estimate of drug-likeness (QED) is 0.855. The van der Waals surface area contributed by atoms with Crippen LogP contribution in [-0.2, 0) is 22.6 Å². The van der Waals surface area contributed by atoms with Gasteiger partial charge in [0.15, 0.2) is 5.78 Å². The molecular formula is C19H21NO2. The molecule has 22 heavy (non-hydrogen) atoms. The summed E-state index contributed by atoms with van der Waals surface area (Å²) in [5.74, 6) is 0.171. The number of fused-ring (bicyclic) bond motifs is 1. The van der Waals surface area contributed by atoms with Crippen LogP contribution in [0.15, 0.2) is 48.1 Å². The first-order valence-electron chi connectivity index (χ1n) is 7.98. The second kappa shape index (κ2) is 6.73. The van der Waals surface area contributed by atoms with Crippen LogP contribution in [0.2, 0.25) is 0 Å². The summed E-state index contributed by atoms with van der Waals surface area (Å²) in [5.41, 5.74) is 3.33. The number of carbonyl (C=O) groups excluding carboxylic acids is 2. The molecule has 0 spiro atoms. The fourth-order valence-corrected chi connectivity index (χ4v) is 3.05. The molecule has 0 unspecified atom stereocenters. The molecule has 114 valence electrons. The molecule has 0 atom stereocenters. The van der Waals surface area contributed by atoms with Crippen molar-refractivity contribution in [3.8, 4) is 0 Å². The summed E-state index contributed by atoms with van der Waals surface area (Å²) in [6, 6.07) is 8.26. The summed E-state index contributed by atoms with van der Waals surface area (Å²) in [4.78, 5) is 26.3. The number of benzene rings is 1. The van der Waals surface area contributed by atoms with Crippen LogP contribution in [0, 0.1) is 0 Å². The Balaban J connectivity index is 1.54. The third-order valence-electron chi connectivity index (χ3n) is 4.37. The highest BCUT2D eigenvalue weighted by atomic mass is 16.2. The lowest BCUT2D eigenvalue weighted by Crippen LogP contribution is -2.36. The highest BCUT2D eigenvalue weighted by molar-refractivity contribution is 5.99. The topological polar surface area (TPSA) is 37.4 Å². The summed E-state index contributed by atoms with van der Waals surface area (Å²) in [6.07, 6.45) is 9.34. The van der Waals surface area contributed by atoms with Crippen molar-refractivity contribution >= 4 is 11.7 Å². The fraction of sp³-hybridized carbons (Fsp3) is 0.368. The first-order valence-corrected chi connectivity index (χ1v) is 7.98. The van der Waals surface area contributed by atoms with Gasteiger partial charge in [-0.15, -0.1) is 0 Å². The molecule has 1 amide bonds. The molecule has 0 saturated carbocycles. The van der Waals surface area contributed by atoms with Crippen LogP contribution in [0.1, 0.15) is 36.8 Å². The molecule has 1 heterocycles. The average Bonchev–Trinajstić information content (AvgIpc) is 2.59. The first kappa shape index (κ1) is 14.8. The molecule has 3 rings (SSSR count). The lowest BCUT2D eigenvalue weighted by Gasteiger charge is -2.28. The number of rotatable bonds is 4. The molecule has 0 N–H and O–H groups in total. The molecule has 1 aliphatic heterocycles. The molecule has 0 saturated heterocycles. The van der Waals surface area contributed by atoms with Gasteiger partial charge in [-0.3, -0.25) is 9.59 Å². The summed E-state index contributed by atoms with van der Waals surface area (Å²) < 4.78 is 0. The Hall–Kier alpha value is -2.16. The Morgan fingerprint density at radius 1 is 1.05 bits per heavy atom. The molecule has 0 radical (unpaired) electrons. The zero-order valence-corrected chi connectivity index (χ0v) is 12.8. The Morgan fingerprint density at radius 3 is 2.64 bits per heavy atom. The van der Waals surface area contributed by atoms with Gasteiger partial charge in [0.1, 0.15) is 0 Å². The lowest BCUT2D eigenvalue weighted by molar-refractivity contribution is -0.133. The van der Waals surface area contributed by atoms with Crippen LogP contribution in [0.5, 0.6) is 0 Å². The third-order valence-corrected chi connectivity index (χ3v) is 4.37. The van der Waals surface area contributed by atoms with Crippen LogP contribution < -0.4 is 0 Å². The van der Waals surface area contributed by atoms with Gasteiger partial charge in [0.05, 0.1) is 0 Å². The molecule has 3 nitrogen and oxygen atoms in total. The maximum atomic E-state index is 12.3. The minimum atomic E-state index is 0.0849. The van der Waals surface area contributed by atoms with Crippen molar-refractivity contribution in [2.75, 3.05) is 6.54 Å². The maximum absolute atomic E-state index is 12.3. The number of nitrogens with zero attached hydrogens (tertiary/aromatic N) is 1. The lowest BCUT2D eigenvalue weighted by atomic mass is 9.98. The zero-order chi connectivity index (χ0) is 15.4. The number of hydrogen-bond donors (Lipinski definition) is 0. The average molecular weight is 295 g/mol. The van der Waals surface area contributed by atoms with Crippen LogP contribution in [0.3, 0.4) is 0 Å². The fourth-order valence-electron chi connectivity index (χ4n) is 3.05. The number of amides is 1. The summed E-state index contributed by atoms with van der Waals surface area (Å²) in [5, 5.41) is 0. The third kappa shape index (κ3) is 3.35. The molecule has 2 aliphatic rings. The van der Waals surface area contributed by atoms with Gasteiger partial charge in [0, 0.05) is 31.5 Å². The Kier molecular flexibility index (Phi) is 4.52. The second-order valence-electron chi connectivity index (χ2n) is 5.90. The van der Waals surface area contributed by atoms with Crippen LogP contribution in [0.25, 0.3) is 0 Å². The van der Waals surface area contributed by atoms with Crippen molar-refractivity contribution in [3.05, 3.63) is 59.2 Å². The van der Waals surface area contributed by atoms with Crippen LogP contribution in [0.4, 0.5) is 0 Å². The van der Waals surface area contributed by atoms with Crippen LogP contribution >= 0.6 is 0 Å². The number of ketones is 1. The Morgan fingerprint density at radius 2 is 1.86 bits per heavy atom. The van der Waals surface area contributed by atoms with E-state index >= 15 is 0 Å². The van der Waals surface area contributed by atoms with E-state index < -0.39 is 0 Å². The minimum absolute atomic E-state index is 0.0849. The minimum Gasteiger partial charge on any atom is -0.338 e. The monoisotopic (exact) mass is 295 g/mol. The molecule has 3 heteroatoms. The van der Waals surface area contributed by atoms with Gasteiger partial charge in [0.2, 0.25) is 5.91 Å². The molecule has 1 aliphatic carbocycles. The van der Waals surface area contributed by atoms with Crippen molar-refractivity contribution in [2.45, 2.75) is 38.6 Å². The van der Waals surface area contributed by atoms with Crippen molar-refractivity contribution in [2.24, 2.45) is 0 Å². The molecule has 0 bridgehead atoms. The van der Waals surface area contributed by atoms with Gasteiger partial charge in [-0.2, -0.15) is 0 Å². The summed E-state index contributed by atoms with van der Waals surface area (Å²) >= 11 is 0. The maximum Gasteiger partial charge on any atom is 0.223 e. The second-order valence-corrected chi connectivity index (χ2v) is 5.90. The van der Waals surface area contributed by atoms with E-state index in [4.69, 9.17) is 0 Å². The van der Waals surface area contributed by atoms with Gasteiger partial charge < -0.3 is 4.90 Å². The van der Waals surface area contributed by atoms with E-state index in [2.05, 4.69) is 12.1 Å². The zero-order valence-electron chi connectivity index (χ0n) is 12.8. The number of Topliss-reactive ketones (excluding diaryl/α,β-unsaturated/α-hetero) is 1. The van der Waals surface area contributed by atoms with Gasteiger partial charge in [0.25, 0.3) is 0 Å². The predicted molar refractivity (Wildman–Crippen MR) is 86.3 cm³/mol. The molecule has 1 aromatic rings. The highest BCUT2D eigenvalue weighted by Gasteiger charge is 2.21. The van der Waals surface area contributed by atoms with E-state index in [1.165, 1.54) is 11.1 Å². The largest absolute Gasteiger partial charge is 0.338 e. The van der Waals surface area contributed by atoms with Gasteiger partial charge in [-0.25, -0.2) is 0 Å². The Bertz CT molecular complexity index is 643. The highest BCUT2D eigenvalue weighted by Crippen LogP contribution is 2.20. The number of allylic oxidation sites excluding steroid dienone is 4. The molecule has 0 fully saturated rings. The van der Waals surface area contributed by atoms with Gasteiger partial charge >= 0.3 is 0 Å². The molecule has 0 aromatic heterocycles. The standard InChI is InChI=1S/C19H21NO2/c21-18(16-7-2-1-3-8-16)10-11-19(22)20-13-12-15-6-4-5-9-17(15)14-20/h2,4-9H,1,3,10-14H2. The van der Waals surface area contributed by atoms with E-state index in [1.54, 1.807) is 0 Å². The van der Waals surface area contributed by atoms with E-state index in [0.717, 1.165) is 31.4 Å². The first-order chi connectivity index (χ1) is 10.7. The van der Waals surface area contributed by atoms with Crippen molar-refractivity contribution in [1.82, 2.24) is 4.90 Å². The van der Waals surface area contributed by atoms with Crippen molar-refractivity contribution in [1.29, 1.82) is 0 Å². The van der Waals surface area contributed by atoms with E-state index in [-0.39, 0.29) is 11.7 Å². The smallest absolute Gasteiger partial charge is 0.223 e. The van der Waals surface area contributed by atoms with Crippen LogP contribution in [-0.4, -0.2) is 23.1 Å². The van der Waals surface area contributed by atoms with Gasteiger partial charge in [-0.1, -0.05) is 42.5 Å². The van der Waals surface area contributed by atoms with Crippen molar-refractivity contribution in [3.63, 3.8) is 0 Å². The SMILES string of the molecule is O=C(CCC(=O)N1CCc2ccccc2C1)C1=CCCC=C1. The van der Waals surface area contributed by atoms with Crippen molar-refractivity contribution < 1.29 is 9.59 Å². The predicted octanol–water partition coefficient (Wildman–Crippen LogP) is 3.20. The molecule has 1 aromatic carbocycles. The molecular weight excluding hydrogens is 274 g/mol. The van der Waals surface area contributed by atoms with Gasteiger partial charge in [-0.05, 0) is 30.4 Å². The normalized spacial score (nSPS) is 16.9. The number of hydrogen-bond acceptors (Lipinski definition) is 2. The Labute approximate surface area is 131 Å². The summed E-state index contributed by atoms with van der Waals surface area (Å²) in [7, 11) is 0. The van der Waals surface area contributed by atoms with E-state index in [0.29, 0.717) is 19.4 Å². The van der Waals surface area contributed by atoms with E-state index in [1.807, 2.05) is 35.3 Å². The van der Waals surface area contributed by atoms with E-state index in [9.17, 15) is 9.59 Å². The summed E-state index contributed by atoms with van der Waals surface area (Å²) in [6.45, 7) is 1.43. The number of carbonyl (C=O) groups is 2.